The van der Waals surface area contributed by atoms with Crippen LogP contribution in [0.3, 0.4) is 0 Å². The molecule has 0 bridgehead atoms. The van der Waals surface area contributed by atoms with Gasteiger partial charge in [-0.2, -0.15) is 0 Å². The molecule has 0 saturated heterocycles. The lowest BCUT2D eigenvalue weighted by molar-refractivity contribution is 0.0925. The lowest BCUT2D eigenvalue weighted by Gasteiger charge is -2.23. The van der Waals surface area contributed by atoms with E-state index in [2.05, 4.69) is 10.3 Å². The van der Waals surface area contributed by atoms with Crippen LogP contribution in [0.1, 0.15) is 54.4 Å². The van der Waals surface area contributed by atoms with Crippen LogP contribution in [0.5, 0.6) is 0 Å². The second kappa shape index (κ2) is 8.39. The SMILES string of the molecule is Cc1cccn2c(=O)c3cc(C(=O)NC4CCCCC4)c(=N)n(CCCO)c3nc12. The van der Waals surface area contributed by atoms with Crippen molar-refractivity contribution in [2.24, 2.45) is 0 Å². The average molecular weight is 409 g/mol. The fourth-order valence-electron chi connectivity index (χ4n) is 4.23. The zero-order valence-electron chi connectivity index (χ0n) is 17.1. The predicted molar refractivity (Wildman–Crippen MR) is 114 cm³/mol. The van der Waals surface area contributed by atoms with Crippen LogP contribution in [0.15, 0.2) is 29.2 Å². The van der Waals surface area contributed by atoms with Crippen LogP contribution in [0.25, 0.3) is 16.7 Å². The molecule has 158 valence electrons. The van der Waals surface area contributed by atoms with Gasteiger partial charge in [-0.05, 0) is 43.9 Å². The molecule has 3 aromatic rings. The number of hydrogen-bond donors (Lipinski definition) is 3. The highest BCUT2D eigenvalue weighted by atomic mass is 16.3. The van der Waals surface area contributed by atoms with E-state index in [4.69, 9.17) is 5.41 Å². The maximum Gasteiger partial charge on any atom is 0.267 e. The minimum Gasteiger partial charge on any atom is -0.396 e. The van der Waals surface area contributed by atoms with Gasteiger partial charge >= 0.3 is 0 Å². The van der Waals surface area contributed by atoms with Gasteiger partial charge in [0.15, 0.2) is 0 Å². The summed E-state index contributed by atoms with van der Waals surface area (Å²) in [6, 6.07) is 5.26. The van der Waals surface area contributed by atoms with Crippen LogP contribution in [0.2, 0.25) is 0 Å². The summed E-state index contributed by atoms with van der Waals surface area (Å²) in [6.07, 6.45) is 7.28. The highest BCUT2D eigenvalue weighted by Crippen LogP contribution is 2.18. The minimum atomic E-state index is -0.333. The first-order chi connectivity index (χ1) is 14.5. The van der Waals surface area contributed by atoms with E-state index < -0.39 is 0 Å². The molecule has 0 unspecified atom stereocenters. The third-order valence-electron chi connectivity index (χ3n) is 5.86. The monoisotopic (exact) mass is 409 g/mol. The van der Waals surface area contributed by atoms with Crippen molar-refractivity contribution >= 4 is 22.6 Å². The van der Waals surface area contributed by atoms with Crippen molar-refractivity contribution in [3.63, 3.8) is 0 Å². The summed E-state index contributed by atoms with van der Waals surface area (Å²) in [5.41, 5.74) is 1.62. The summed E-state index contributed by atoms with van der Waals surface area (Å²) in [6.45, 7) is 2.11. The van der Waals surface area contributed by atoms with Gasteiger partial charge in [0.25, 0.3) is 11.5 Å². The molecule has 1 fully saturated rings. The second-order valence-corrected chi connectivity index (χ2v) is 7.98. The van der Waals surface area contributed by atoms with E-state index in [0.29, 0.717) is 29.6 Å². The van der Waals surface area contributed by atoms with Gasteiger partial charge in [0.1, 0.15) is 16.8 Å². The third-order valence-corrected chi connectivity index (χ3v) is 5.86. The molecular weight excluding hydrogens is 382 g/mol. The van der Waals surface area contributed by atoms with E-state index in [1.165, 1.54) is 16.9 Å². The van der Waals surface area contributed by atoms with Crippen LogP contribution in [-0.4, -0.2) is 37.6 Å². The Labute approximate surface area is 173 Å². The van der Waals surface area contributed by atoms with Gasteiger partial charge in [-0.15, -0.1) is 0 Å². The van der Waals surface area contributed by atoms with Gasteiger partial charge < -0.3 is 15.0 Å². The van der Waals surface area contributed by atoms with E-state index in [-0.39, 0.29) is 35.2 Å². The lowest BCUT2D eigenvalue weighted by atomic mass is 9.95. The van der Waals surface area contributed by atoms with Crippen LogP contribution < -0.4 is 16.4 Å². The minimum absolute atomic E-state index is 0.00842. The molecule has 0 atom stereocenters. The number of aliphatic hydroxyl groups excluding tert-OH is 1. The molecule has 1 saturated carbocycles. The van der Waals surface area contributed by atoms with Gasteiger partial charge in [-0.1, -0.05) is 25.3 Å². The van der Waals surface area contributed by atoms with Crippen LogP contribution >= 0.6 is 0 Å². The quantitative estimate of drug-likeness (QED) is 0.559. The van der Waals surface area contributed by atoms with Crippen molar-refractivity contribution in [1.82, 2.24) is 19.3 Å². The molecule has 30 heavy (non-hydrogen) atoms. The van der Waals surface area contributed by atoms with Crippen molar-refractivity contribution in [3.05, 3.63) is 51.4 Å². The largest absolute Gasteiger partial charge is 0.396 e. The molecule has 8 nitrogen and oxygen atoms in total. The normalized spacial score (nSPS) is 15.0. The molecule has 4 rings (SSSR count). The maximum atomic E-state index is 13.2. The molecule has 1 aliphatic rings. The Hall–Kier alpha value is -3.00. The first-order valence-corrected chi connectivity index (χ1v) is 10.5. The smallest absolute Gasteiger partial charge is 0.267 e. The fourth-order valence-corrected chi connectivity index (χ4v) is 4.23. The molecular formula is C22H27N5O3. The number of nitrogens with one attached hydrogen (secondary N) is 2. The fraction of sp³-hybridized carbons (Fsp3) is 0.455. The molecule has 0 spiro atoms. The van der Waals surface area contributed by atoms with Crippen molar-refractivity contribution in [2.75, 3.05) is 6.61 Å². The van der Waals surface area contributed by atoms with Crippen molar-refractivity contribution < 1.29 is 9.90 Å². The van der Waals surface area contributed by atoms with Gasteiger partial charge in [0.05, 0.1) is 10.9 Å². The molecule has 3 aromatic heterocycles. The summed E-state index contributed by atoms with van der Waals surface area (Å²) in [5, 5.41) is 21.3. The molecule has 0 aliphatic heterocycles. The number of carbonyl (C=O) groups excluding carboxylic acids is 1. The number of hydrogen-bond acceptors (Lipinski definition) is 5. The summed E-state index contributed by atoms with van der Waals surface area (Å²) >= 11 is 0. The first-order valence-electron chi connectivity index (χ1n) is 10.5. The van der Waals surface area contributed by atoms with Gasteiger partial charge in [-0.3, -0.25) is 19.4 Å². The molecule has 8 heteroatoms. The van der Waals surface area contributed by atoms with E-state index in [1.54, 1.807) is 16.8 Å². The van der Waals surface area contributed by atoms with Crippen LogP contribution in [-0.2, 0) is 6.54 Å². The summed E-state index contributed by atoms with van der Waals surface area (Å²) in [4.78, 5) is 30.9. The van der Waals surface area contributed by atoms with Crippen molar-refractivity contribution in [1.29, 1.82) is 5.41 Å². The molecule has 0 radical (unpaired) electrons. The lowest BCUT2D eigenvalue weighted by Crippen LogP contribution is -2.40. The van der Waals surface area contributed by atoms with Gasteiger partial charge in [0.2, 0.25) is 0 Å². The van der Waals surface area contributed by atoms with Crippen molar-refractivity contribution in [2.45, 2.75) is 58.0 Å². The Balaban J connectivity index is 1.91. The molecule has 3 heterocycles. The number of amides is 1. The number of carbonyl (C=O) groups is 1. The van der Waals surface area contributed by atoms with Crippen molar-refractivity contribution in [3.8, 4) is 0 Å². The number of aryl methyl sites for hydroxylation is 2. The number of aliphatic hydroxyl groups is 1. The van der Waals surface area contributed by atoms with Gasteiger partial charge in [-0.25, -0.2) is 4.98 Å². The van der Waals surface area contributed by atoms with E-state index in [0.717, 1.165) is 31.2 Å². The number of pyridine rings is 2. The Morgan fingerprint density at radius 3 is 2.80 bits per heavy atom. The standard InChI is InChI=1S/C22H27N5O3/c1-14-7-5-10-27-19(14)25-20-17(22(27)30)13-16(18(23)26(20)11-6-12-28)21(29)24-15-8-3-2-4-9-15/h5,7,10,13,15,23,28H,2-4,6,8-9,11-12H2,1H3,(H,24,29). The molecule has 0 aromatic carbocycles. The van der Waals surface area contributed by atoms with Crippen LogP contribution in [0, 0.1) is 12.3 Å². The highest BCUT2D eigenvalue weighted by Gasteiger charge is 2.21. The maximum absolute atomic E-state index is 13.2. The Morgan fingerprint density at radius 2 is 2.07 bits per heavy atom. The second-order valence-electron chi connectivity index (χ2n) is 7.98. The number of fused-ring (bicyclic) bond motifs is 2. The average Bonchev–Trinajstić information content (AvgIpc) is 2.74. The number of nitrogens with zero attached hydrogens (tertiary/aromatic N) is 3. The van der Waals surface area contributed by atoms with E-state index in [1.807, 2.05) is 13.0 Å². The molecule has 1 amide bonds. The zero-order valence-corrected chi connectivity index (χ0v) is 17.1. The summed E-state index contributed by atoms with van der Waals surface area (Å²) < 4.78 is 3.04. The van der Waals surface area contributed by atoms with Crippen LogP contribution in [0.4, 0.5) is 0 Å². The Morgan fingerprint density at radius 1 is 1.30 bits per heavy atom. The Kier molecular flexibility index (Phi) is 5.67. The molecule has 3 N–H and O–H groups in total. The highest BCUT2D eigenvalue weighted by molar-refractivity contribution is 5.97. The predicted octanol–water partition coefficient (Wildman–Crippen LogP) is 1.88. The van der Waals surface area contributed by atoms with Gasteiger partial charge in [0, 0.05) is 25.4 Å². The summed E-state index contributed by atoms with van der Waals surface area (Å²) in [5.74, 6) is -0.333. The van der Waals surface area contributed by atoms with E-state index in [9.17, 15) is 14.7 Å². The third kappa shape index (κ3) is 3.63. The topological polar surface area (TPSA) is 112 Å². The number of rotatable bonds is 5. The van der Waals surface area contributed by atoms with E-state index >= 15 is 0 Å². The summed E-state index contributed by atoms with van der Waals surface area (Å²) in [7, 11) is 0. The first kappa shape index (κ1) is 20.3. The zero-order chi connectivity index (χ0) is 21.3. The molecule has 1 aliphatic carbocycles. The number of aromatic nitrogens is 3. The Bertz CT molecular complexity index is 1220.